The van der Waals surface area contributed by atoms with E-state index in [4.69, 9.17) is 19.3 Å². The minimum absolute atomic E-state index is 0.133. The number of aromatic carboxylic acids is 1. The SMILES string of the molecule is CCOc1cc(C(=O)O)cc(Br)c1OCCOc1cccc(C)c1. The molecule has 0 unspecified atom stereocenters. The standard InChI is InChI=1S/C18H19BrO5/c1-3-22-16-11-13(18(20)21)10-15(19)17(16)24-8-7-23-14-6-4-5-12(2)9-14/h4-6,9-11H,3,7-8H2,1-2H3,(H,20,21). The van der Waals surface area contributed by atoms with Crippen molar-refractivity contribution in [2.75, 3.05) is 19.8 Å². The van der Waals surface area contributed by atoms with Gasteiger partial charge in [0.25, 0.3) is 0 Å². The summed E-state index contributed by atoms with van der Waals surface area (Å²) in [5.74, 6) is 0.615. The van der Waals surface area contributed by atoms with Crippen LogP contribution in [0, 0.1) is 6.92 Å². The van der Waals surface area contributed by atoms with Gasteiger partial charge in [0.2, 0.25) is 0 Å². The number of carboxylic acid groups (broad SMARTS) is 1. The van der Waals surface area contributed by atoms with Gasteiger partial charge in [0, 0.05) is 0 Å². The predicted octanol–water partition coefficient (Wildman–Crippen LogP) is 4.31. The van der Waals surface area contributed by atoms with E-state index < -0.39 is 5.97 Å². The van der Waals surface area contributed by atoms with Crippen molar-refractivity contribution in [3.63, 3.8) is 0 Å². The lowest BCUT2D eigenvalue weighted by atomic mass is 10.2. The van der Waals surface area contributed by atoms with Crippen molar-refractivity contribution >= 4 is 21.9 Å². The third-order valence-electron chi connectivity index (χ3n) is 3.14. The third kappa shape index (κ3) is 4.89. The van der Waals surface area contributed by atoms with Crippen LogP contribution in [-0.4, -0.2) is 30.9 Å². The zero-order valence-electron chi connectivity index (χ0n) is 13.5. The number of hydrogen-bond donors (Lipinski definition) is 1. The normalized spacial score (nSPS) is 10.3. The summed E-state index contributed by atoms with van der Waals surface area (Å²) in [6, 6.07) is 10.7. The molecule has 0 aliphatic carbocycles. The lowest BCUT2D eigenvalue weighted by Crippen LogP contribution is -2.11. The monoisotopic (exact) mass is 394 g/mol. The Labute approximate surface area is 149 Å². The molecule has 0 aliphatic heterocycles. The summed E-state index contributed by atoms with van der Waals surface area (Å²) < 4.78 is 17.4. The average molecular weight is 395 g/mol. The maximum absolute atomic E-state index is 11.1. The van der Waals surface area contributed by atoms with E-state index in [1.54, 1.807) is 0 Å². The smallest absolute Gasteiger partial charge is 0.335 e. The first-order chi connectivity index (χ1) is 11.5. The van der Waals surface area contributed by atoms with Crippen LogP contribution in [0.15, 0.2) is 40.9 Å². The van der Waals surface area contributed by atoms with Crippen LogP contribution in [0.4, 0.5) is 0 Å². The highest BCUT2D eigenvalue weighted by molar-refractivity contribution is 9.10. The Morgan fingerprint density at radius 3 is 2.54 bits per heavy atom. The Hall–Kier alpha value is -2.21. The molecule has 0 aliphatic rings. The lowest BCUT2D eigenvalue weighted by Gasteiger charge is -2.15. The highest BCUT2D eigenvalue weighted by Gasteiger charge is 2.15. The zero-order valence-corrected chi connectivity index (χ0v) is 15.1. The fourth-order valence-electron chi connectivity index (χ4n) is 2.10. The quantitative estimate of drug-likeness (QED) is 0.675. The first-order valence-corrected chi connectivity index (χ1v) is 8.32. The number of rotatable bonds is 8. The summed E-state index contributed by atoms with van der Waals surface area (Å²) in [6.45, 7) is 4.90. The molecule has 0 bridgehead atoms. The molecule has 0 saturated carbocycles. The Morgan fingerprint density at radius 1 is 1.12 bits per heavy atom. The van der Waals surface area contributed by atoms with Crippen molar-refractivity contribution in [2.24, 2.45) is 0 Å². The van der Waals surface area contributed by atoms with E-state index in [0.29, 0.717) is 35.8 Å². The summed E-state index contributed by atoms with van der Waals surface area (Å²) >= 11 is 3.33. The number of carboxylic acids is 1. The molecule has 1 N–H and O–H groups in total. The molecule has 2 aromatic carbocycles. The molecule has 0 heterocycles. The molecule has 0 spiro atoms. The molecular weight excluding hydrogens is 376 g/mol. The van der Waals surface area contributed by atoms with Crippen molar-refractivity contribution in [3.05, 3.63) is 52.0 Å². The van der Waals surface area contributed by atoms with Gasteiger partial charge in [-0.25, -0.2) is 4.79 Å². The second-order valence-electron chi connectivity index (χ2n) is 5.04. The molecule has 128 valence electrons. The van der Waals surface area contributed by atoms with Gasteiger partial charge < -0.3 is 19.3 Å². The summed E-state index contributed by atoms with van der Waals surface area (Å²) in [4.78, 5) is 11.1. The van der Waals surface area contributed by atoms with Crippen molar-refractivity contribution in [1.82, 2.24) is 0 Å². The Balaban J connectivity index is 2.02. The zero-order chi connectivity index (χ0) is 17.5. The highest BCUT2D eigenvalue weighted by atomic mass is 79.9. The number of hydrogen-bond acceptors (Lipinski definition) is 4. The number of halogens is 1. The van der Waals surface area contributed by atoms with Gasteiger partial charge in [0.1, 0.15) is 19.0 Å². The molecule has 0 saturated heterocycles. The van der Waals surface area contributed by atoms with Crippen molar-refractivity contribution in [2.45, 2.75) is 13.8 Å². The van der Waals surface area contributed by atoms with Crippen molar-refractivity contribution in [3.8, 4) is 17.2 Å². The fourth-order valence-corrected chi connectivity index (χ4v) is 2.66. The Morgan fingerprint density at radius 2 is 1.88 bits per heavy atom. The van der Waals surface area contributed by atoms with Gasteiger partial charge in [-0.1, -0.05) is 12.1 Å². The van der Waals surface area contributed by atoms with Crippen LogP contribution < -0.4 is 14.2 Å². The largest absolute Gasteiger partial charge is 0.490 e. The molecule has 0 fully saturated rings. The average Bonchev–Trinajstić information content (AvgIpc) is 2.53. The minimum Gasteiger partial charge on any atom is -0.490 e. The Kier molecular flexibility index (Phi) is 6.49. The molecule has 0 aromatic heterocycles. The van der Waals surface area contributed by atoms with Gasteiger partial charge in [0.05, 0.1) is 16.6 Å². The second kappa shape index (κ2) is 8.59. The minimum atomic E-state index is -1.02. The van der Waals surface area contributed by atoms with Gasteiger partial charge in [-0.2, -0.15) is 0 Å². The first kappa shape index (κ1) is 18.1. The predicted molar refractivity (Wildman–Crippen MR) is 94.4 cm³/mol. The van der Waals surface area contributed by atoms with Crippen LogP contribution in [0.5, 0.6) is 17.2 Å². The number of aryl methyl sites for hydroxylation is 1. The molecule has 24 heavy (non-hydrogen) atoms. The first-order valence-electron chi connectivity index (χ1n) is 7.53. The van der Waals surface area contributed by atoms with Crippen molar-refractivity contribution in [1.29, 1.82) is 0 Å². The summed E-state index contributed by atoms with van der Waals surface area (Å²) in [5, 5.41) is 9.12. The molecule has 0 atom stereocenters. The van der Waals surface area contributed by atoms with Gasteiger partial charge >= 0.3 is 5.97 Å². The van der Waals surface area contributed by atoms with E-state index in [-0.39, 0.29) is 5.56 Å². The van der Waals surface area contributed by atoms with Crippen LogP contribution in [-0.2, 0) is 0 Å². The summed E-state index contributed by atoms with van der Waals surface area (Å²) in [7, 11) is 0. The van der Waals surface area contributed by atoms with E-state index >= 15 is 0 Å². The molecule has 6 heteroatoms. The second-order valence-corrected chi connectivity index (χ2v) is 5.89. The van der Waals surface area contributed by atoms with Crippen LogP contribution in [0.1, 0.15) is 22.8 Å². The van der Waals surface area contributed by atoms with Crippen LogP contribution in [0.25, 0.3) is 0 Å². The van der Waals surface area contributed by atoms with Gasteiger partial charge in [-0.3, -0.25) is 0 Å². The molecule has 0 amide bonds. The maximum Gasteiger partial charge on any atom is 0.335 e. The van der Waals surface area contributed by atoms with E-state index in [1.165, 1.54) is 12.1 Å². The Bertz CT molecular complexity index is 715. The maximum atomic E-state index is 11.1. The molecule has 0 radical (unpaired) electrons. The topological polar surface area (TPSA) is 65.0 Å². The fraction of sp³-hybridized carbons (Fsp3) is 0.278. The molecule has 5 nitrogen and oxygen atoms in total. The van der Waals surface area contributed by atoms with E-state index in [9.17, 15) is 4.79 Å². The summed E-state index contributed by atoms with van der Waals surface area (Å²) in [6.07, 6.45) is 0. The van der Waals surface area contributed by atoms with Crippen LogP contribution >= 0.6 is 15.9 Å². The molecule has 2 aromatic rings. The third-order valence-corrected chi connectivity index (χ3v) is 3.73. The number of benzene rings is 2. The van der Waals surface area contributed by atoms with Gasteiger partial charge in [-0.15, -0.1) is 0 Å². The molecular formula is C18H19BrO5. The van der Waals surface area contributed by atoms with E-state index in [0.717, 1.165) is 11.3 Å². The number of ether oxygens (including phenoxy) is 3. The summed E-state index contributed by atoms with van der Waals surface area (Å²) in [5.41, 5.74) is 1.26. The number of carbonyl (C=O) groups is 1. The van der Waals surface area contributed by atoms with Gasteiger partial charge in [-0.05, 0) is 59.6 Å². The van der Waals surface area contributed by atoms with Crippen LogP contribution in [0.2, 0.25) is 0 Å². The van der Waals surface area contributed by atoms with Crippen molar-refractivity contribution < 1.29 is 24.1 Å². The lowest BCUT2D eigenvalue weighted by molar-refractivity contribution is 0.0696. The highest BCUT2D eigenvalue weighted by Crippen LogP contribution is 2.37. The molecule has 2 rings (SSSR count). The van der Waals surface area contributed by atoms with Gasteiger partial charge in [0.15, 0.2) is 11.5 Å². The van der Waals surface area contributed by atoms with E-state index in [1.807, 2.05) is 38.1 Å². The van der Waals surface area contributed by atoms with Crippen LogP contribution in [0.3, 0.4) is 0 Å². The van der Waals surface area contributed by atoms with E-state index in [2.05, 4.69) is 15.9 Å².